The van der Waals surface area contributed by atoms with Gasteiger partial charge in [-0.3, -0.25) is 4.79 Å². The minimum Gasteiger partial charge on any atom is -0.497 e. The molecule has 136 valence electrons. The van der Waals surface area contributed by atoms with E-state index in [0.717, 1.165) is 22.3 Å². The molecule has 0 unspecified atom stereocenters. The molecule has 0 atom stereocenters. The summed E-state index contributed by atoms with van der Waals surface area (Å²) in [5.41, 5.74) is 1.48. The summed E-state index contributed by atoms with van der Waals surface area (Å²) in [7, 11) is 3.54. The molecule has 0 saturated carbocycles. The SMILES string of the molecule is COc1cccc(-c2nnc(SCc3nc4ccccc4c(=O)[nH]3)n2C)c1. The molecule has 0 aliphatic rings. The highest BCUT2D eigenvalue weighted by Crippen LogP contribution is 2.26. The Bertz CT molecular complexity index is 1170. The number of aromatic nitrogens is 5. The predicted molar refractivity (Wildman–Crippen MR) is 105 cm³/mol. The number of benzene rings is 2. The van der Waals surface area contributed by atoms with Crippen LogP contribution in [0.5, 0.6) is 5.75 Å². The lowest BCUT2D eigenvalue weighted by atomic mass is 10.2. The van der Waals surface area contributed by atoms with Gasteiger partial charge < -0.3 is 14.3 Å². The van der Waals surface area contributed by atoms with E-state index in [0.29, 0.717) is 22.5 Å². The van der Waals surface area contributed by atoms with E-state index in [-0.39, 0.29) is 5.56 Å². The number of nitrogens with one attached hydrogen (secondary N) is 1. The Morgan fingerprint density at radius 3 is 2.85 bits per heavy atom. The van der Waals surface area contributed by atoms with Crippen molar-refractivity contribution in [3.63, 3.8) is 0 Å². The molecule has 0 bridgehead atoms. The van der Waals surface area contributed by atoms with Crippen LogP contribution in [0.1, 0.15) is 5.82 Å². The second-order valence-electron chi connectivity index (χ2n) is 5.92. The van der Waals surface area contributed by atoms with Crippen LogP contribution in [-0.2, 0) is 12.8 Å². The fraction of sp³-hybridized carbons (Fsp3) is 0.158. The molecule has 8 heteroatoms. The first kappa shape index (κ1) is 17.3. The second-order valence-corrected chi connectivity index (χ2v) is 6.86. The van der Waals surface area contributed by atoms with Gasteiger partial charge in [-0.15, -0.1) is 10.2 Å². The van der Waals surface area contributed by atoms with Gasteiger partial charge in [-0.2, -0.15) is 0 Å². The summed E-state index contributed by atoms with van der Waals surface area (Å²) in [4.78, 5) is 19.5. The zero-order valence-corrected chi connectivity index (χ0v) is 15.7. The summed E-state index contributed by atoms with van der Waals surface area (Å²) in [6, 6.07) is 15.0. The number of H-pyrrole nitrogens is 1. The number of methoxy groups -OCH3 is 1. The van der Waals surface area contributed by atoms with Gasteiger partial charge in [-0.05, 0) is 24.3 Å². The van der Waals surface area contributed by atoms with Crippen LogP contribution in [0.4, 0.5) is 0 Å². The quantitative estimate of drug-likeness (QED) is 0.537. The minimum absolute atomic E-state index is 0.133. The molecular weight excluding hydrogens is 362 g/mol. The van der Waals surface area contributed by atoms with Crippen molar-refractivity contribution in [2.45, 2.75) is 10.9 Å². The number of ether oxygens (including phenoxy) is 1. The van der Waals surface area contributed by atoms with Crippen molar-refractivity contribution in [1.82, 2.24) is 24.7 Å². The zero-order chi connectivity index (χ0) is 18.8. The van der Waals surface area contributed by atoms with Gasteiger partial charge in [-0.1, -0.05) is 36.0 Å². The third-order valence-electron chi connectivity index (χ3n) is 4.16. The molecule has 0 saturated heterocycles. The standard InChI is InChI=1S/C19H17N5O2S/c1-24-17(12-6-5-7-13(10-12)26-2)22-23-19(24)27-11-16-20-15-9-4-3-8-14(15)18(25)21-16/h3-10H,11H2,1-2H3,(H,20,21,25). The first-order valence-electron chi connectivity index (χ1n) is 8.30. The van der Waals surface area contributed by atoms with Gasteiger partial charge in [0.15, 0.2) is 11.0 Å². The van der Waals surface area contributed by atoms with Gasteiger partial charge in [0.05, 0.1) is 23.8 Å². The average Bonchev–Trinajstić information content (AvgIpc) is 3.07. The van der Waals surface area contributed by atoms with E-state index in [1.165, 1.54) is 11.8 Å². The highest BCUT2D eigenvalue weighted by atomic mass is 32.2. The summed E-state index contributed by atoms with van der Waals surface area (Å²) in [6.45, 7) is 0. The molecular formula is C19H17N5O2S. The molecule has 1 N–H and O–H groups in total. The van der Waals surface area contributed by atoms with E-state index in [1.807, 2.05) is 54.1 Å². The third kappa shape index (κ3) is 3.43. The highest BCUT2D eigenvalue weighted by Gasteiger charge is 2.13. The van der Waals surface area contributed by atoms with Crippen LogP contribution < -0.4 is 10.3 Å². The van der Waals surface area contributed by atoms with Crippen LogP contribution in [0.2, 0.25) is 0 Å². The minimum atomic E-state index is -0.133. The molecule has 7 nitrogen and oxygen atoms in total. The van der Waals surface area contributed by atoms with E-state index in [9.17, 15) is 4.79 Å². The largest absolute Gasteiger partial charge is 0.497 e. The Labute approximate surface area is 159 Å². The van der Waals surface area contributed by atoms with E-state index < -0.39 is 0 Å². The smallest absolute Gasteiger partial charge is 0.258 e. The molecule has 27 heavy (non-hydrogen) atoms. The molecule has 0 aliphatic heterocycles. The lowest BCUT2D eigenvalue weighted by Crippen LogP contribution is -2.11. The van der Waals surface area contributed by atoms with E-state index in [4.69, 9.17) is 4.74 Å². The Kier molecular flexibility index (Phi) is 4.64. The Morgan fingerprint density at radius 2 is 2.00 bits per heavy atom. The van der Waals surface area contributed by atoms with Crippen LogP contribution in [0.15, 0.2) is 58.5 Å². The summed E-state index contributed by atoms with van der Waals surface area (Å²) in [5.74, 6) is 2.61. The molecule has 0 spiro atoms. The molecule has 0 radical (unpaired) electrons. The van der Waals surface area contributed by atoms with Crippen molar-refractivity contribution in [1.29, 1.82) is 0 Å². The molecule has 0 fully saturated rings. The van der Waals surface area contributed by atoms with Crippen LogP contribution in [0.25, 0.3) is 22.3 Å². The summed E-state index contributed by atoms with van der Waals surface area (Å²) in [6.07, 6.45) is 0. The molecule has 0 amide bonds. The van der Waals surface area contributed by atoms with Crippen molar-refractivity contribution in [3.8, 4) is 17.1 Å². The van der Waals surface area contributed by atoms with Crippen molar-refractivity contribution >= 4 is 22.7 Å². The number of hydrogen-bond acceptors (Lipinski definition) is 6. The first-order chi connectivity index (χ1) is 13.2. The van der Waals surface area contributed by atoms with Crippen LogP contribution in [0, 0.1) is 0 Å². The number of thioether (sulfide) groups is 1. The molecule has 4 rings (SSSR count). The number of rotatable bonds is 5. The van der Waals surface area contributed by atoms with Crippen LogP contribution in [0.3, 0.4) is 0 Å². The lowest BCUT2D eigenvalue weighted by Gasteiger charge is -2.06. The summed E-state index contributed by atoms with van der Waals surface area (Å²) < 4.78 is 7.19. The number of hydrogen-bond donors (Lipinski definition) is 1. The topological polar surface area (TPSA) is 85.7 Å². The van der Waals surface area contributed by atoms with Gasteiger partial charge in [-0.25, -0.2) is 4.98 Å². The maximum atomic E-state index is 12.2. The normalized spacial score (nSPS) is 11.0. The monoisotopic (exact) mass is 379 g/mol. The molecule has 2 heterocycles. The van der Waals surface area contributed by atoms with Gasteiger partial charge >= 0.3 is 0 Å². The third-order valence-corrected chi connectivity index (χ3v) is 5.19. The maximum absolute atomic E-state index is 12.2. The molecule has 4 aromatic rings. The van der Waals surface area contributed by atoms with Crippen LogP contribution in [-0.4, -0.2) is 31.8 Å². The maximum Gasteiger partial charge on any atom is 0.258 e. The van der Waals surface area contributed by atoms with Gasteiger partial charge in [0, 0.05) is 12.6 Å². The van der Waals surface area contributed by atoms with Crippen LogP contribution >= 0.6 is 11.8 Å². The summed E-state index contributed by atoms with van der Waals surface area (Å²) in [5, 5.41) is 9.88. The molecule has 0 aliphatic carbocycles. The van der Waals surface area contributed by atoms with Gasteiger partial charge in [0.2, 0.25) is 0 Å². The zero-order valence-electron chi connectivity index (χ0n) is 14.8. The van der Waals surface area contributed by atoms with Crippen molar-refractivity contribution in [2.75, 3.05) is 7.11 Å². The fourth-order valence-corrected chi connectivity index (χ4v) is 3.57. The number of para-hydroxylation sites is 1. The average molecular weight is 379 g/mol. The Balaban J connectivity index is 1.57. The Hall–Kier alpha value is -3.13. The van der Waals surface area contributed by atoms with Gasteiger partial charge in [0.25, 0.3) is 5.56 Å². The van der Waals surface area contributed by atoms with Gasteiger partial charge in [0.1, 0.15) is 11.6 Å². The lowest BCUT2D eigenvalue weighted by molar-refractivity contribution is 0.415. The highest BCUT2D eigenvalue weighted by molar-refractivity contribution is 7.98. The first-order valence-corrected chi connectivity index (χ1v) is 9.29. The number of aromatic amines is 1. The molecule has 2 aromatic carbocycles. The van der Waals surface area contributed by atoms with Crippen molar-refractivity contribution < 1.29 is 4.74 Å². The van der Waals surface area contributed by atoms with E-state index in [1.54, 1.807) is 13.2 Å². The van der Waals surface area contributed by atoms with Crippen molar-refractivity contribution in [2.24, 2.45) is 7.05 Å². The second kappa shape index (κ2) is 7.24. The number of nitrogens with zero attached hydrogens (tertiary/aromatic N) is 4. The predicted octanol–water partition coefficient (Wildman–Crippen LogP) is 3.02. The number of fused-ring (bicyclic) bond motifs is 1. The fourth-order valence-electron chi connectivity index (χ4n) is 2.79. The van der Waals surface area contributed by atoms with E-state index >= 15 is 0 Å². The molecule has 2 aromatic heterocycles. The van der Waals surface area contributed by atoms with E-state index in [2.05, 4.69) is 20.2 Å². The van der Waals surface area contributed by atoms with Crippen molar-refractivity contribution in [3.05, 3.63) is 64.7 Å². The summed E-state index contributed by atoms with van der Waals surface area (Å²) >= 11 is 1.47. The Morgan fingerprint density at radius 1 is 1.15 bits per heavy atom.